The zero-order valence-electron chi connectivity index (χ0n) is 13.6. The molecule has 5 nitrogen and oxygen atoms in total. The first-order chi connectivity index (χ1) is 12.0. The predicted octanol–water partition coefficient (Wildman–Crippen LogP) is 3.38. The molecule has 3 rings (SSSR count). The topological polar surface area (TPSA) is 66.5 Å². The highest BCUT2D eigenvalue weighted by Crippen LogP contribution is 2.25. The number of hydrogen-bond acceptors (Lipinski definition) is 3. The largest absolute Gasteiger partial charge is 0.326 e. The molecule has 1 N–H and O–H groups in total. The van der Waals surface area contributed by atoms with Crippen LogP contribution in [0, 0.1) is 5.92 Å². The molecule has 0 aliphatic carbocycles. The molecule has 1 heterocycles. The Labute approximate surface area is 152 Å². The van der Waals surface area contributed by atoms with Crippen LogP contribution in [0.25, 0.3) is 0 Å². The lowest BCUT2D eigenvalue weighted by molar-refractivity contribution is -0.120. The minimum Gasteiger partial charge on any atom is -0.326 e. The molecule has 0 unspecified atom stereocenters. The van der Waals surface area contributed by atoms with Gasteiger partial charge in [-0.05, 0) is 49.2 Å². The summed E-state index contributed by atoms with van der Waals surface area (Å²) in [6.07, 6.45) is 1.32. The van der Waals surface area contributed by atoms with Gasteiger partial charge in [0.05, 0.1) is 10.8 Å². The summed E-state index contributed by atoms with van der Waals surface area (Å²) >= 11 is 5.83. The summed E-state index contributed by atoms with van der Waals surface area (Å²) in [7, 11) is -3.62. The number of carbonyl (C=O) groups excluding carboxylic acids is 1. The van der Waals surface area contributed by atoms with Crippen molar-refractivity contribution in [1.82, 2.24) is 4.31 Å². The van der Waals surface area contributed by atoms with Gasteiger partial charge in [-0.2, -0.15) is 4.31 Å². The Bertz CT molecular complexity index is 838. The average Bonchev–Trinajstić information content (AvgIpc) is 2.63. The number of anilines is 1. The summed E-state index contributed by atoms with van der Waals surface area (Å²) in [6.45, 7) is 0.601. The molecule has 132 valence electrons. The van der Waals surface area contributed by atoms with Gasteiger partial charge >= 0.3 is 0 Å². The number of rotatable bonds is 4. The summed E-state index contributed by atoms with van der Waals surface area (Å²) in [4.78, 5) is 12.7. The van der Waals surface area contributed by atoms with Crippen LogP contribution in [-0.4, -0.2) is 31.7 Å². The maximum absolute atomic E-state index is 12.8. The van der Waals surface area contributed by atoms with Gasteiger partial charge in [0, 0.05) is 23.8 Å². The van der Waals surface area contributed by atoms with E-state index in [4.69, 9.17) is 11.6 Å². The van der Waals surface area contributed by atoms with Crippen LogP contribution in [-0.2, 0) is 14.8 Å². The summed E-state index contributed by atoms with van der Waals surface area (Å²) in [6, 6.07) is 15.3. The molecule has 0 saturated carbocycles. The molecule has 1 fully saturated rings. The molecule has 2 aromatic carbocycles. The molecule has 0 aromatic heterocycles. The van der Waals surface area contributed by atoms with E-state index in [1.54, 1.807) is 12.1 Å². The van der Waals surface area contributed by atoms with Crippen LogP contribution in [0.4, 0.5) is 5.69 Å². The second-order valence-electron chi connectivity index (χ2n) is 6.01. The summed E-state index contributed by atoms with van der Waals surface area (Å²) in [5, 5.41) is 3.34. The lowest BCUT2D eigenvalue weighted by atomic mass is 9.99. The van der Waals surface area contributed by atoms with Crippen molar-refractivity contribution < 1.29 is 13.2 Å². The van der Waals surface area contributed by atoms with Crippen molar-refractivity contribution in [2.24, 2.45) is 5.92 Å². The Balaban J connectivity index is 1.72. The molecule has 0 bridgehead atoms. The highest BCUT2D eigenvalue weighted by molar-refractivity contribution is 7.89. The molecule has 1 aliphatic rings. The van der Waals surface area contributed by atoms with Crippen LogP contribution in [0.2, 0.25) is 5.02 Å². The van der Waals surface area contributed by atoms with Crippen molar-refractivity contribution in [3.63, 3.8) is 0 Å². The SMILES string of the molecule is O=C(Nc1ccccc1)[C@@H]1CCCN(S(=O)(=O)c2ccc(Cl)cc2)C1. The number of amides is 1. The number of nitrogens with zero attached hydrogens (tertiary/aromatic N) is 1. The molecule has 7 heteroatoms. The first-order valence-electron chi connectivity index (χ1n) is 8.08. The Morgan fingerprint density at radius 3 is 2.44 bits per heavy atom. The highest BCUT2D eigenvalue weighted by Gasteiger charge is 2.33. The van der Waals surface area contributed by atoms with Gasteiger partial charge in [-0.25, -0.2) is 8.42 Å². The Kier molecular flexibility index (Phi) is 5.42. The van der Waals surface area contributed by atoms with Gasteiger partial charge < -0.3 is 5.32 Å². The molecule has 2 aromatic rings. The van der Waals surface area contributed by atoms with Gasteiger partial charge in [-0.1, -0.05) is 29.8 Å². The van der Waals surface area contributed by atoms with Crippen molar-refractivity contribution >= 4 is 33.2 Å². The quantitative estimate of drug-likeness (QED) is 0.886. The van der Waals surface area contributed by atoms with Gasteiger partial charge in [-0.15, -0.1) is 0 Å². The minimum atomic E-state index is -3.62. The van der Waals surface area contributed by atoms with Gasteiger partial charge in [0.1, 0.15) is 0 Å². The van der Waals surface area contributed by atoms with E-state index in [0.29, 0.717) is 30.1 Å². The number of sulfonamides is 1. The molecule has 1 aliphatic heterocycles. The summed E-state index contributed by atoms with van der Waals surface area (Å²) < 4.78 is 26.9. The number of para-hydroxylation sites is 1. The number of hydrogen-bond donors (Lipinski definition) is 1. The number of piperidine rings is 1. The number of halogens is 1. The van der Waals surface area contributed by atoms with Gasteiger partial charge in [0.2, 0.25) is 15.9 Å². The van der Waals surface area contributed by atoms with Crippen LogP contribution < -0.4 is 5.32 Å². The fourth-order valence-corrected chi connectivity index (χ4v) is 4.55. The van der Waals surface area contributed by atoms with E-state index < -0.39 is 10.0 Å². The van der Waals surface area contributed by atoms with Crippen molar-refractivity contribution in [2.45, 2.75) is 17.7 Å². The lowest BCUT2D eigenvalue weighted by Crippen LogP contribution is -2.43. The van der Waals surface area contributed by atoms with Crippen LogP contribution in [0.15, 0.2) is 59.5 Å². The third-order valence-corrected chi connectivity index (χ3v) is 6.38. The fraction of sp³-hybridized carbons (Fsp3) is 0.278. The summed E-state index contributed by atoms with van der Waals surface area (Å²) in [5.41, 5.74) is 0.713. The van der Waals surface area contributed by atoms with E-state index in [1.165, 1.54) is 16.4 Å². The standard InChI is InChI=1S/C18H19ClN2O3S/c19-15-8-10-17(11-9-15)25(23,24)21-12-4-5-14(13-21)18(22)20-16-6-2-1-3-7-16/h1-3,6-11,14H,4-5,12-13H2,(H,20,22)/t14-/m1/s1. The Morgan fingerprint density at radius 1 is 1.08 bits per heavy atom. The summed E-state index contributed by atoms with van der Waals surface area (Å²) in [5.74, 6) is -0.516. The van der Waals surface area contributed by atoms with Crippen molar-refractivity contribution in [2.75, 3.05) is 18.4 Å². The molecule has 1 atom stereocenters. The molecule has 1 amide bonds. The molecular weight excluding hydrogens is 360 g/mol. The average molecular weight is 379 g/mol. The predicted molar refractivity (Wildman–Crippen MR) is 98.0 cm³/mol. The molecule has 1 saturated heterocycles. The Morgan fingerprint density at radius 2 is 1.76 bits per heavy atom. The lowest BCUT2D eigenvalue weighted by Gasteiger charge is -2.31. The zero-order chi connectivity index (χ0) is 17.9. The first-order valence-corrected chi connectivity index (χ1v) is 9.90. The fourth-order valence-electron chi connectivity index (χ4n) is 2.90. The normalized spacial score (nSPS) is 18.7. The second-order valence-corrected chi connectivity index (χ2v) is 8.39. The van der Waals surface area contributed by atoms with Gasteiger partial charge in [0.15, 0.2) is 0 Å². The first kappa shape index (κ1) is 17.9. The molecule has 25 heavy (non-hydrogen) atoms. The van der Waals surface area contributed by atoms with E-state index >= 15 is 0 Å². The third-order valence-electron chi connectivity index (χ3n) is 4.25. The third kappa shape index (κ3) is 4.21. The second kappa shape index (κ2) is 7.56. The Hall–Kier alpha value is -1.89. The number of carbonyl (C=O) groups is 1. The van der Waals surface area contributed by atoms with Crippen molar-refractivity contribution in [3.8, 4) is 0 Å². The monoisotopic (exact) mass is 378 g/mol. The van der Waals surface area contributed by atoms with Crippen LogP contribution in [0.3, 0.4) is 0 Å². The van der Waals surface area contributed by atoms with Crippen molar-refractivity contribution in [1.29, 1.82) is 0 Å². The maximum Gasteiger partial charge on any atom is 0.243 e. The van der Waals surface area contributed by atoms with Crippen LogP contribution in [0.1, 0.15) is 12.8 Å². The van der Waals surface area contributed by atoms with E-state index in [1.807, 2.05) is 30.3 Å². The van der Waals surface area contributed by atoms with E-state index in [2.05, 4.69) is 5.32 Å². The van der Waals surface area contributed by atoms with E-state index in [-0.39, 0.29) is 23.3 Å². The molecule has 0 spiro atoms. The van der Waals surface area contributed by atoms with E-state index in [0.717, 1.165) is 0 Å². The number of benzene rings is 2. The minimum absolute atomic E-state index is 0.151. The van der Waals surface area contributed by atoms with Crippen LogP contribution in [0.5, 0.6) is 0 Å². The molecular formula is C18H19ClN2O3S. The van der Waals surface area contributed by atoms with Gasteiger partial charge in [-0.3, -0.25) is 4.79 Å². The van der Waals surface area contributed by atoms with E-state index in [9.17, 15) is 13.2 Å². The highest BCUT2D eigenvalue weighted by atomic mass is 35.5. The maximum atomic E-state index is 12.8. The van der Waals surface area contributed by atoms with Crippen LogP contribution >= 0.6 is 11.6 Å². The van der Waals surface area contributed by atoms with Crippen molar-refractivity contribution in [3.05, 3.63) is 59.6 Å². The molecule has 0 radical (unpaired) electrons. The number of nitrogens with one attached hydrogen (secondary N) is 1. The smallest absolute Gasteiger partial charge is 0.243 e. The zero-order valence-corrected chi connectivity index (χ0v) is 15.1. The van der Waals surface area contributed by atoms with Gasteiger partial charge in [0.25, 0.3) is 0 Å².